The first-order valence-electron chi connectivity index (χ1n) is 12.8. The molecule has 2 aliphatic heterocycles. The van der Waals surface area contributed by atoms with Gasteiger partial charge < -0.3 is 4.74 Å². The molecule has 8 nitrogen and oxygen atoms in total. The van der Waals surface area contributed by atoms with E-state index >= 15 is 0 Å². The van der Waals surface area contributed by atoms with Gasteiger partial charge in [-0.25, -0.2) is 13.1 Å². The summed E-state index contributed by atoms with van der Waals surface area (Å²) in [5.41, 5.74) is -0.320. The number of rotatable bonds is 8. The van der Waals surface area contributed by atoms with Crippen molar-refractivity contribution in [2.75, 3.05) is 32.7 Å². The van der Waals surface area contributed by atoms with Crippen molar-refractivity contribution in [3.63, 3.8) is 0 Å². The zero-order valence-corrected chi connectivity index (χ0v) is 21.2. The molecule has 1 aromatic heterocycles. The van der Waals surface area contributed by atoms with Crippen LogP contribution in [0.1, 0.15) is 46.0 Å². The first-order valence-corrected chi connectivity index (χ1v) is 14.3. The first kappa shape index (κ1) is 24.2. The van der Waals surface area contributed by atoms with Gasteiger partial charge in [0.15, 0.2) is 0 Å². The second-order valence-corrected chi connectivity index (χ2v) is 12.5. The Morgan fingerprint density at radius 1 is 1.12 bits per heavy atom. The molecule has 0 amide bonds. The number of aromatic nitrogens is 2. The fourth-order valence-corrected chi connectivity index (χ4v) is 7.32. The summed E-state index contributed by atoms with van der Waals surface area (Å²) in [4.78, 5) is 5.32. The summed E-state index contributed by atoms with van der Waals surface area (Å²) in [7, 11) is -3.66. The zero-order valence-electron chi connectivity index (χ0n) is 20.4. The summed E-state index contributed by atoms with van der Waals surface area (Å²) in [6, 6.07) is -0.296. The van der Waals surface area contributed by atoms with Crippen molar-refractivity contribution in [2.24, 2.45) is 11.8 Å². The Morgan fingerprint density at radius 3 is 2.50 bits per heavy atom. The number of nitrogens with one attached hydrogen (secondary N) is 2. The van der Waals surface area contributed by atoms with Gasteiger partial charge >= 0.3 is 0 Å². The average molecular weight is 490 g/mol. The third-order valence-corrected chi connectivity index (χ3v) is 9.34. The van der Waals surface area contributed by atoms with E-state index in [-0.39, 0.29) is 16.5 Å². The van der Waals surface area contributed by atoms with Crippen molar-refractivity contribution in [1.82, 2.24) is 24.7 Å². The lowest BCUT2D eigenvalue weighted by Crippen LogP contribution is -2.63. The fraction of sp³-hybridized carbons (Fsp3) is 0.720. The standard InChI is InChI=1S/C25H39N5O3S/c1-19-16-29(17-20(2)33-19)18-22-8-11-30(12-9-22)25(13-21-6-7-21)10-4-3-5-24(25)28-34(31,32)23-14-26-27-15-23/h3-5,10,14-15,19-22,24,28H,6-9,11-13,16-18H2,1-2H3,(H,26,27)/t19-,20+,24?,25?. The molecule has 34 heavy (non-hydrogen) atoms. The lowest BCUT2D eigenvalue weighted by atomic mass is 9.78. The highest BCUT2D eigenvalue weighted by molar-refractivity contribution is 7.89. The SMILES string of the molecule is C[C@@H]1CN(CC2CCN(C3(CC4CC4)C=CC=CC3NS(=O)(=O)c3cn[nH]c3)CC2)C[C@H](C)O1. The molecule has 1 saturated carbocycles. The number of likely N-dealkylation sites (tertiary alicyclic amines) is 1. The monoisotopic (exact) mass is 489 g/mol. The van der Waals surface area contributed by atoms with Gasteiger partial charge in [-0.15, -0.1) is 0 Å². The molecular formula is C25H39N5O3S. The van der Waals surface area contributed by atoms with Gasteiger partial charge in [-0.05, 0) is 58.0 Å². The summed E-state index contributed by atoms with van der Waals surface area (Å²) in [6.45, 7) is 9.49. The number of allylic oxidation sites excluding steroid dienone is 2. The van der Waals surface area contributed by atoms with E-state index in [1.165, 1.54) is 25.2 Å². The second kappa shape index (κ2) is 9.85. The van der Waals surface area contributed by atoms with Crippen molar-refractivity contribution in [3.05, 3.63) is 36.7 Å². The van der Waals surface area contributed by atoms with E-state index in [2.05, 4.69) is 50.7 Å². The van der Waals surface area contributed by atoms with E-state index in [0.29, 0.717) is 24.0 Å². The summed E-state index contributed by atoms with van der Waals surface area (Å²) >= 11 is 0. The molecule has 0 bridgehead atoms. The average Bonchev–Trinajstić information content (AvgIpc) is 3.41. The van der Waals surface area contributed by atoms with E-state index in [0.717, 1.165) is 52.0 Å². The Balaban J connectivity index is 1.29. The third kappa shape index (κ3) is 5.33. The van der Waals surface area contributed by atoms with E-state index in [9.17, 15) is 8.42 Å². The Labute approximate surface area is 203 Å². The third-order valence-electron chi connectivity index (χ3n) is 7.93. The zero-order chi connectivity index (χ0) is 23.8. The minimum absolute atomic E-state index is 0.184. The number of ether oxygens (including phenoxy) is 1. The van der Waals surface area contributed by atoms with Crippen LogP contribution in [0.25, 0.3) is 0 Å². The smallest absolute Gasteiger partial charge is 0.244 e. The molecule has 9 heteroatoms. The first-order chi connectivity index (χ1) is 16.3. The predicted molar refractivity (Wildman–Crippen MR) is 132 cm³/mol. The molecule has 2 unspecified atom stereocenters. The van der Waals surface area contributed by atoms with Gasteiger partial charge in [0.25, 0.3) is 0 Å². The molecule has 3 heterocycles. The van der Waals surface area contributed by atoms with E-state index < -0.39 is 10.0 Å². The Morgan fingerprint density at radius 2 is 1.85 bits per heavy atom. The van der Waals surface area contributed by atoms with Crippen LogP contribution in [0.3, 0.4) is 0 Å². The van der Waals surface area contributed by atoms with Crippen LogP contribution >= 0.6 is 0 Å². The Kier molecular flexibility index (Phi) is 7.01. The number of nitrogens with zero attached hydrogens (tertiary/aromatic N) is 3. The van der Waals surface area contributed by atoms with Crippen molar-refractivity contribution >= 4 is 10.0 Å². The molecule has 0 radical (unpaired) electrons. The van der Waals surface area contributed by atoms with Crippen LogP contribution in [0.4, 0.5) is 0 Å². The molecule has 0 aromatic carbocycles. The summed E-state index contributed by atoms with van der Waals surface area (Å²) in [6.07, 6.45) is 17.5. The van der Waals surface area contributed by atoms with Crippen LogP contribution in [0, 0.1) is 11.8 Å². The van der Waals surface area contributed by atoms with Gasteiger partial charge in [-0.3, -0.25) is 14.9 Å². The molecule has 4 aliphatic rings. The van der Waals surface area contributed by atoms with E-state index in [4.69, 9.17) is 4.74 Å². The van der Waals surface area contributed by atoms with Crippen LogP contribution in [-0.4, -0.2) is 84.9 Å². The van der Waals surface area contributed by atoms with Crippen LogP contribution in [-0.2, 0) is 14.8 Å². The highest BCUT2D eigenvalue weighted by atomic mass is 32.2. The summed E-state index contributed by atoms with van der Waals surface area (Å²) in [5, 5.41) is 6.45. The fourth-order valence-electron chi connectivity index (χ4n) is 6.17. The Bertz CT molecular complexity index is 972. The number of aromatic amines is 1. The largest absolute Gasteiger partial charge is 0.373 e. The van der Waals surface area contributed by atoms with Crippen molar-refractivity contribution < 1.29 is 13.2 Å². The van der Waals surface area contributed by atoms with E-state index in [1.54, 1.807) is 0 Å². The van der Waals surface area contributed by atoms with Crippen LogP contribution < -0.4 is 4.72 Å². The van der Waals surface area contributed by atoms with Crippen LogP contribution in [0.2, 0.25) is 0 Å². The van der Waals surface area contributed by atoms with Gasteiger partial charge in [0.05, 0.1) is 30.0 Å². The molecular weight excluding hydrogens is 450 g/mol. The summed E-state index contributed by atoms with van der Waals surface area (Å²) < 4.78 is 35.1. The molecule has 3 fully saturated rings. The molecule has 1 aromatic rings. The molecule has 0 spiro atoms. The van der Waals surface area contributed by atoms with Gasteiger partial charge in [0, 0.05) is 25.8 Å². The van der Waals surface area contributed by atoms with Crippen molar-refractivity contribution in [3.8, 4) is 0 Å². The van der Waals surface area contributed by atoms with Crippen LogP contribution in [0.15, 0.2) is 41.6 Å². The van der Waals surface area contributed by atoms with E-state index in [1.807, 2.05) is 12.2 Å². The van der Waals surface area contributed by atoms with Crippen molar-refractivity contribution in [2.45, 2.75) is 74.6 Å². The predicted octanol–water partition coefficient (Wildman–Crippen LogP) is 2.54. The van der Waals surface area contributed by atoms with Crippen molar-refractivity contribution in [1.29, 1.82) is 0 Å². The molecule has 4 atom stereocenters. The maximum Gasteiger partial charge on any atom is 0.244 e. The highest BCUT2D eigenvalue weighted by Crippen LogP contribution is 2.44. The molecule has 188 valence electrons. The molecule has 2 aliphatic carbocycles. The topological polar surface area (TPSA) is 90.6 Å². The number of hydrogen-bond donors (Lipinski definition) is 2. The van der Waals surface area contributed by atoms with Gasteiger partial charge in [-0.1, -0.05) is 37.1 Å². The van der Waals surface area contributed by atoms with Gasteiger partial charge in [-0.2, -0.15) is 5.10 Å². The summed E-state index contributed by atoms with van der Waals surface area (Å²) in [5.74, 6) is 1.35. The molecule has 2 saturated heterocycles. The normalized spacial score (nSPS) is 34.0. The number of morpholine rings is 1. The lowest BCUT2D eigenvalue weighted by molar-refractivity contribution is -0.0741. The Hall–Kier alpha value is -1.52. The maximum atomic E-state index is 13.1. The van der Waals surface area contributed by atoms with Crippen LogP contribution in [0.5, 0.6) is 0 Å². The number of H-pyrrole nitrogens is 1. The lowest BCUT2D eigenvalue weighted by Gasteiger charge is -2.50. The second-order valence-electron chi connectivity index (χ2n) is 10.8. The minimum Gasteiger partial charge on any atom is -0.373 e. The molecule has 2 N–H and O–H groups in total. The quantitative estimate of drug-likeness (QED) is 0.583. The number of sulfonamides is 1. The number of piperidine rings is 1. The minimum atomic E-state index is -3.66. The van der Waals surface area contributed by atoms with Gasteiger partial charge in [0.1, 0.15) is 4.90 Å². The van der Waals surface area contributed by atoms with Gasteiger partial charge in [0.2, 0.25) is 10.0 Å². The molecule has 5 rings (SSSR count). The maximum absolute atomic E-state index is 13.1. The number of hydrogen-bond acceptors (Lipinski definition) is 6. The highest BCUT2D eigenvalue weighted by Gasteiger charge is 2.47.